The smallest absolute Gasteiger partial charge is 0.407 e. The van der Waals surface area contributed by atoms with E-state index in [9.17, 15) is 4.79 Å². The van der Waals surface area contributed by atoms with Crippen LogP contribution >= 0.6 is 46.6 Å². The summed E-state index contributed by atoms with van der Waals surface area (Å²) in [5.41, 5.74) is 3.42. The number of halogens is 3. The first-order valence-corrected chi connectivity index (χ1v) is 10.8. The standard InChI is InChI=1S/C17H18Cl3N3O3S/c18-17(19,20)8-25-16(24)22-13-7-27-9-26-23-6-5-11-10-3-1-2-4-12(10)21-14(11)15(13)23/h1-4,13,15,21H,5-9H2,(H,22,24)/t13-,15+/m1/s1. The number of alkyl carbamates (subject to hydrolysis) is 1. The largest absolute Gasteiger partial charge is 0.445 e. The van der Waals surface area contributed by atoms with Gasteiger partial charge in [0, 0.05) is 28.9 Å². The maximum atomic E-state index is 12.2. The molecule has 1 amide bonds. The number of rotatable bonds is 2. The second-order valence-corrected chi connectivity index (χ2v) is 9.95. The van der Waals surface area contributed by atoms with Crippen LogP contribution in [0.4, 0.5) is 4.79 Å². The Hall–Kier alpha value is -0.830. The molecule has 1 saturated heterocycles. The topological polar surface area (TPSA) is 66.6 Å². The number of benzene rings is 1. The predicted octanol–water partition coefficient (Wildman–Crippen LogP) is 4.17. The number of hydroxylamine groups is 2. The summed E-state index contributed by atoms with van der Waals surface area (Å²) in [6, 6.07) is 7.85. The summed E-state index contributed by atoms with van der Waals surface area (Å²) in [6.07, 6.45) is 0.266. The van der Waals surface area contributed by atoms with Crippen molar-refractivity contribution in [1.82, 2.24) is 15.4 Å². The van der Waals surface area contributed by atoms with Crippen molar-refractivity contribution in [3.8, 4) is 0 Å². The fourth-order valence-electron chi connectivity index (χ4n) is 3.63. The number of aromatic nitrogens is 1. The quantitative estimate of drug-likeness (QED) is 0.672. The van der Waals surface area contributed by atoms with Gasteiger partial charge in [-0.15, -0.1) is 11.8 Å². The Bertz CT molecular complexity index is 842. The molecule has 4 rings (SSSR count). The minimum atomic E-state index is -1.64. The lowest BCUT2D eigenvalue weighted by Crippen LogP contribution is -2.49. The van der Waals surface area contributed by atoms with Crippen LogP contribution in [0.2, 0.25) is 0 Å². The first kappa shape index (κ1) is 19.5. The predicted molar refractivity (Wildman–Crippen MR) is 108 cm³/mol. The molecule has 0 unspecified atom stereocenters. The number of hydrogen-bond donors (Lipinski definition) is 2. The molecule has 2 aromatic rings. The van der Waals surface area contributed by atoms with Gasteiger partial charge in [-0.2, -0.15) is 5.06 Å². The molecule has 1 fully saturated rings. The van der Waals surface area contributed by atoms with E-state index in [1.165, 1.54) is 10.9 Å². The van der Waals surface area contributed by atoms with Gasteiger partial charge >= 0.3 is 6.09 Å². The molecule has 10 heteroatoms. The molecule has 6 nitrogen and oxygen atoms in total. The Morgan fingerprint density at radius 3 is 3.04 bits per heavy atom. The first-order valence-electron chi connectivity index (χ1n) is 8.49. The molecule has 0 aliphatic carbocycles. The Morgan fingerprint density at radius 1 is 1.41 bits per heavy atom. The lowest BCUT2D eigenvalue weighted by atomic mass is 9.95. The molecule has 146 valence electrons. The maximum absolute atomic E-state index is 12.2. The lowest BCUT2D eigenvalue weighted by molar-refractivity contribution is -0.177. The molecule has 0 spiro atoms. The average Bonchev–Trinajstić information content (AvgIpc) is 2.88. The van der Waals surface area contributed by atoms with Crippen LogP contribution in [0, 0.1) is 0 Å². The maximum Gasteiger partial charge on any atom is 0.407 e. The normalized spacial score (nSPS) is 23.4. The molecule has 2 N–H and O–H groups in total. The molecule has 0 saturated carbocycles. The highest BCUT2D eigenvalue weighted by molar-refractivity contribution is 7.99. The average molecular weight is 451 g/mol. The van der Waals surface area contributed by atoms with Crippen molar-refractivity contribution >= 4 is 63.6 Å². The van der Waals surface area contributed by atoms with E-state index in [4.69, 9.17) is 44.4 Å². The highest BCUT2D eigenvalue weighted by Crippen LogP contribution is 2.39. The number of carbonyl (C=O) groups excluding carboxylic acids is 1. The molecule has 2 atom stereocenters. The number of ether oxygens (including phenoxy) is 1. The van der Waals surface area contributed by atoms with Gasteiger partial charge in [0.1, 0.15) is 12.5 Å². The van der Waals surface area contributed by atoms with Crippen molar-refractivity contribution in [1.29, 1.82) is 0 Å². The van der Waals surface area contributed by atoms with E-state index < -0.39 is 9.89 Å². The molecule has 0 radical (unpaired) electrons. The van der Waals surface area contributed by atoms with E-state index in [1.807, 2.05) is 17.2 Å². The van der Waals surface area contributed by atoms with E-state index in [-0.39, 0.29) is 18.7 Å². The molecule has 1 aromatic carbocycles. The SMILES string of the molecule is O=C(N[C@@H]1CSCON2CCc3c([nH]c4ccccc34)[C@H]12)OCC(Cl)(Cl)Cl. The second-order valence-electron chi connectivity index (χ2n) is 6.46. The Labute approximate surface area is 175 Å². The number of nitrogens with zero attached hydrogens (tertiary/aromatic N) is 1. The molecule has 2 aliphatic rings. The minimum absolute atomic E-state index is 0.142. The van der Waals surface area contributed by atoms with E-state index in [2.05, 4.69) is 22.4 Å². The van der Waals surface area contributed by atoms with Crippen LogP contribution in [0.5, 0.6) is 0 Å². The number of thioether (sulfide) groups is 1. The third-order valence-corrected chi connectivity index (χ3v) is 5.88. The van der Waals surface area contributed by atoms with Gasteiger partial charge in [-0.25, -0.2) is 4.79 Å². The number of fused-ring (bicyclic) bond motifs is 5. The lowest BCUT2D eigenvalue weighted by Gasteiger charge is -2.36. The number of aromatic amines is 1. The number of para-hydroxylation sites is 1. The monoisotopic (exact) mass is 449 g/mol. The van der Waals surface area contributed by atoms with Gasteiger partial charge in [0.25, 0.3) is 0 Å². The first-order chi connectivity index (χ1) is 12.9. The summed E-state index contributed by atoms with van der Waals surface area (Å²) in [5.74, 6) is 1.21. The van der Waals surface area contributed by atoms with Crippen molar-refractivity contribution in [2.24, 2.45) is 0 Å². The summed E-state index contributed by atoms with van der Waals surface area (Å²) in [4.78, 5) is 21.7. The summed E-state index contributed by atoms with van der Waals surface area (Å²) < 4.78 is 3.41. The number of nitrogens with one attached hydrogen (secondary N) is 2. The number of H-pyrrole nitrogens is 1. The van der Waals surface area contributed by atoms with E-state index in [0.717, 1.165) is 24.2 Å². The number of hydrogen-bond acceptors (Lipinski definition) is 5. The fourth-order valence-corrected chi connectivity index (χ4v) is 4.62. The zero-order valence-electron chi connectivity index (χ0n) is 14.2. The number of carbonyl (C=O) groups is 1. The number of amides is 1. The van der Waals surface area contributed by atoms with Crippen LogP contribution in [0.15, 0.2) is 24.3 Å². The summed E-state index contributed by atoms with van der Waals surface area (Å²) in [5, 5.41) is 6.07. The van der Waals surface area contributed by atoms with Gasteiger partial charge in [0.15, 0.2) is 0 Å². The van der Waals surface area contributed by atoms with Crippen LogP contribution in [0.1, 0.15) is 17.3 Å². The van der Waals surface area contributed by atoms with Crippen molar-refractivity contribution < 1.29 is 14.4 Å². The molecule has 3 heterocycles. The van der Waals surface area contributed by atoms with Gasteiger partial charge in [0.05, 0.1) is 12.1 Å². The third kappa shape index (κ3) is 4.28. The Kier molecular flexibility index (Phi) is 5.69. The van der Waals surface area contributed by atoms with Crippen molar-refractivity contribution in [3.63, 3.8) is 0 Å². The molecular formula is C17H18Cl3N3O3S. The van der Waals surface area contributed by atoms with E-state index >= 15 is 0 Å². The van der Waals surface area contributed by atoms with Crippen LogP contribution in [-0.2, 0) is 16.0 Å². The third-order valence-electron chi connectivity index (χ3n) is 4.69. The van der Waals surface area contributed by atoms with Crippen LogP contribution in [-0.4, -0.2) is 50.8 Å². The van der Waals surface area contributed by atoms with E-state index in [1.54, 1.807) is 11.8 Å². The molecular weight excluding hydrogens is 433 g/mol. The Morgan fingerprint density at radius 2 is 2.22 bits per heavy atom. The summed E-state index contributed by atoms with van der Waals surface area (Å²) in [6.45, 7) is 0.438. The van der Waals surface area contributed by atoms with Gasteiger partial charge in [-0.05, 0) is 18.1 Å². The zero-order chi connectivity index (χ0) is 19.0. The van der Waals surface area contributed by atoms with Crippen molar-refractivity contribution in [2.45, 2.75) is 22.3 Å². The second kappa shape index (κ2) is 7.89. The fraction of sp³-hybridized carbons (Fsp3) is 0.471. The van der Waals surface area contributed by atoms with Crippen molar-refractivity contribution in [2.75, 3.05) is 24.8 Å². The van der Waals surface area contributed by atoms with Gasteiger partial charge < -0.3 is 15.0 Å². The molecule has 0 bridgehead atoms. The van der Waals surface area contributed by atoms with Gasteiger partial charge in [-0.3, -0.25) is 4.84 Å². The Balaban J connectivity index is 1.60. The molecule has 1 aromatic heterocycles. The van der Waals surface area contributed by atoms with Gasteiger partial charge in [-0.1, -0.05) is 53.0 Å². The highest BCUT2D eigenvalue weighted by atomic mass is 35.6. The van der Waals surface area contributed by atoms with Crippen molar-refractivity contribution in [3.05, 3.63) is 35.5 Å². The molecule has 27 heavy (non-hydrogen) atoms. The highest BCUT2D eigenvalue weighted by Gasteiger charge is 2.39. The van der Waals surface area contributed by atoms with Gasteiger partial charge in [0.2, 0.25) is 3.79 Å². The summed E-state index contributed by atoms with van der Waals surface area (Å²) in [7, 11) is 0. The van der Waals surface area contributed by atoms with Crippen LogP contribution < -0.4 is 5.32 Å². The van der Waals surface area contributed by atoms with Crippen LogP contribution in [0.25, 0.3) is 10.9 Å². The summed E-state index contributed by atoms with van der Waals surface area (Å²) >= 11 is 18.6. The minimum Gasteiger partial charge on any atom is -0.445 e. The van der Waals surface area contributed by atoms with Crippen LogP contribution in [0.3, 0.4) is 0 Å². The zero-order valence-corrected chi connectivity index (χ0v) is 17.3. The number of alkyl halides is 3. The molecule has 2 aliphatic heterocycles. The van der Waals surface area contributed by atoms with E-state index in [0.29, 0.717) is 11.7 Å².